The zero-order chi connectivity index (χ0) is 9.54. The standard InChI is InChI=1S/C11H12N.BrH.Mg/c1-3-8-7-9-4-2-6-11(9)12-10(8)5-1;;/h5,7H,1-4,6H2;1H;/q;;+1/p-1. The summed E-state index contributed by atoms with van der Waals surface area (Å²) in [5.74, 6) is 0. The second-order valence-electron chi connectivity index (χ2n) is 4.38. The number of aryl methyl sites for hydroxylation is 3. The summed E-state index contributed by atoms with van der Waals surface area (Å²) in [6, 6.07) is 2.45. The van der Waals surface area contributed by atoms with Crippen molar-refractivity contribution in [2.24, 2.45) is 0 Å². The smallest absolute Gasteiger partial charge is 0.306 e. The number of halogens is 1. The van der Waals surface area contributed by atoms with Crippen molar-refractivity contribution < 1.29 is 0 Å². The normalized spacial score (nSPS) is 23.1. The van der Waals surface area contributed by atoms with E-state index in [2.05, 4.69) is 19.0 Å². The lowest BCUT2D eigenvalue weighted by atomic mass is 10.1. The highest BCUT2D eigenvalue weighted by atomic mass is 79.9. The van der Waals surface area contributed by atoms with Crippen molar-refractivity contribution in [1.82, 2.24) is 4.98 Å². The van der Waals surface area contributed by atoms with Crippen LogP contribution < -0.4 is 0 Å². The van der Waals surface area contributed by atoms with Crippen molar-refractivity contribution in [3.63, 3.8) is 0 Å². The van der Waals surface area contributed by atoms with Gasteiger partial charge in [0.2, 0.25) is 0 Å². The molecular weight excluding hydrogens is 250 g/mol. The first-order valence-corrected chi connectivity index (χ1v) is 10.2. The van der Waals surface area contributed by atoms with Crippen molar-refractivity contribution in [1.29, 1.82) is 0 Å². The summed E-state index contributed by atoms with van der Waals surface area (Å²) in [7, 11) is 0. The average molecular weight is 262 g/mol. The second kappa shape index (κ2) is 3.76. The minimum absolute atomic E-state index is 0.0838. The van der Waals surface area contributed by atoms with E-state index in [0.717, 1.165) is 4.05 Å². The predicted molar refractivity (Wildman–Crippen MR) is 62.0 cm³/mol. The van der Waals surface area contributed by atoms with Crippen LogP contribution in [0, 0.1) is 0 Å². The molecule has 0 bridgehead atoms. The van der Waals surface area contributed by atoms with E-state index in [9.17, 15) is 0 Å². The highest BCUT2D eigenvalue weighted by molar-refractivity contribution is 9.23. The number of pyridine rings is 1. The van der Waals surface area contributed by atoms with Crippen LogP contribution >= 0.6 is 12.9 Å². The first kappa shape index (κ1) is 9.61. The zero-order valence-corrected chi connectivity index (χ0v) is 11.2. The molecule has 3 heteroatoms. The monoisotopic (exact) mass is 261 g/mol. The lowest BCUT2D eigenvalue weighted by Crippen LogP contribution is -2.03. The molecule has 1 aromatic rings. The Morgan fingerprint density at radius 2 is 2.21 bits per heavy atom. The van der Waals surface area contributed by atoms with Gasteiger partial charge in [-0.25, -0.2) is 0 Å². The molecule has 0 N–H and O–H groups in total. The van der Waals surface area contributed by atoms with Crippen molar-refractivity contribution in [3.05, 3.63) is 28.6 Å². The maximum Gasteiger partial charge on any atom is 0.479 e. The highest BCUT2D eigenvalue weighted by Crippen LogP contribution is 2.34. The highest BCUT2D eigenvalue weighted by Gasteiger charge is 2.26. The van der Waals surface area contributed by atoms with Crippen LogP contribution in [-0.2, 0) is 19.3 Å². The summed E-state index contributed by atoms with van der Waals surface area (Å²) in [5.41, 5.74) is 5.96. The molecule has 3 rings (SSSR count). The van der Waals surface area contributed by atoms with Crippen LogP contribution in [0.2, 0.25) is 0 Å². The molecule has 0 amide bonds. The molecule has 0 radical (unpaired) electrons. The summed E-state index contributed by atoms with van der Waals surface area (Å²) in [5, 5.41) is 0. The Hall–Kier alpha value is 0.396. The molecule has 2 aliphatic carbocycles. The molecule has 0 spiro atoms. The van der Waals surface area contributed by atoms with Crippen LogP contribution in [0.3, 0.4) is 0 Å². The molecule has 1 heterocycles. The summed E-state index contributed by atoms with van der Waals surface area (Å²) in [6.07, 6.45) is 6.44. The number of hydrogen-bond acceptors (Lipinski definition) is 1. The van der Waals surface area contributed by atoms with E-state index in [1.54, 1.807) is 11.1 Å². The van der Waals surface area contributed by atoms with Crippen LogP contribution in [0.1, 0.15) is 39.4 Å². The van der Waals surface area contributed by atoms with Crippen LogP contribution in [0.15, 0.2) is 6.07 Å². The molecule has 70 valence electrons. The lowest BCUT2D eigenvalue weighted by molar-refractivity contribution is 0.849. The third-order valence-corrected chi connectivity index (χ3v) is 7.01. The van der Waals surface area contributed by atoms with Gasteiger partial charge in [0, 0.05) is 11.4 Å². The van der Waals surface area contributed by atoms with Gasteiger partial charge in [0.15, 0.2) is 0 Å². The van der Waals surface area contributed by atoms with Crippen molar-refractivity contribution >= 4 is 31.1 Å². The molecule has 1 unspecified atom stereocenters. The van der Waals surface area contributed by atoms with E-state index in [4.69, 9.17) is 4.98 Å². The Balaban J connectivity index is 2.09. The van der Waals surface area contributed by atoms with Crippen molar-refractivity contribution in [2.75, 3.05) is 0 Å². The van der Waals surface area contributed by atoms with Gasteiger partial charge in [-0.05, 0) is 36.8 Å². The van der Waals surface area contributed by atoms with Gasteiger partial charge >= 0.3 is 18.2 Å². The average Bonchev–Trinajstić information content (AvgIpc) is 2.78. The first-order chi connectivity index (χ1) is 6.88. The molecule has 0 aliphatic heterocycles. The molecule has 0 fully saturated rings. The molecule has 0 saturated carbocycles. The second-order valence-corrected chi connectivity index (χ2v) is 7.62. The summed E-state index contributed by atoms with van der Waals surface area (Å²) >= 11 is 3.64. The molecule has 1 nitrogen and oxygen atoms in total. The third kappa shape index (κ3) is 1.44. The molecule has 1 aromatic heterocycles. The van der Waals surface area contributed by atoms with Gasteiger partial charge in [-0.1, -0.05) is 16.5 Å². The SMILES string of the molecule is [Br][Mg][CH]1CCc2cc3c(nc21)CCC3. The number of fused-ring (bicyclic) bond motifs is 2. The topological polar surface area (TPSA) is 12.9 Å². The number of nitrogens with zero attached hydrogens (tertiary/aromatic N) is 1. The van der Waals surface area contributed by atoms with Gasteiger partial charge in [0.25, 0.3) is 0 Å². The fourth-order valence-electron chi connectivity index (χ4n) is 2.71. The lowest BCUT2D eigenvalue weighted by Gasteiger charge is -2.08. The molecule has 0 saturated heterocycles. The van der Waals surface area contributed by atoms with E-state index in [-0.39, 0.29) is 18.2 Å². The van der Waals surface area contributed by atoms with Gasteiger partial charge < -0.3 is 12.9 Å². The van der Waals surface area contributed by atoms with Gasteiger partial charge in [-0.2, -0.15) is 0 Å². The van der Waals surface area contributed by atoms with Gasteiger partial charge in [0.1, 0.15) is 0 Å². The predicted octanol–water partition coefficient (Wildman–Crippen LogP) is 2.57. The van der Waals surface area contributed by atoms with Crippen molar-refractivity contribution in [3.8, 4) is 0 Å². The Labute approximate surface area is 100 Å². The Morgan fingerprint density at radius 1 is 1.29 bits per heavy atom. The quantitative estimate of drug-likeness (QED) is 0.709. The molecule has 1 atom stereocenters. The van der Waals surface area contributed by atoms with Gasteiger partial charge in [-0.3, -0.25) is 4.98 Å². The maximum atomic E-state index is 4.89. The summed E-state index contributed by atoms with van der Waals surface area (Å²) in [4.78, 5) is 4.89. The first-order valence-electron chi connectivity index (χ1n) is 5.46. The molecule has 0 aromatic carbocycles. The third-order valence-electron chi connectivity index (χ3n) is 3.50. The summed E-state index contributed by atoms with van der Waals surface area (Å²) in [6.45, 7) is 0. The minimum atomic E-state index is -0.0838. The van der Waals surface area contributed by atoms with E-state index in [1.807, 2.05) is 0 Å². The van der Waals surface area contributed by atoms with Crippen LogP contribution in [0.4, 0.5) is 0 Å². The Kier molecular flexibility index (Phi) is 2.58. The fourth-order valence-corrected chi connectivity index (χ4v) is 5.46. The van der Waals surface area contributed by atoms with Crippen LogP contribution in [0.5, 0.6) is 0 Å². The summed E-state index contributed by atoms with van der Waals surface area (Å²) < 4.78 is 0.816. The Morgan fingerprint density at radius 3 is 3.07 bits per heavy atom. The van der Waals surface area contributed by atoms with Crippen molar-refractivity contribution in [2.45, 2.75) is 36.2 Å². The minimum Gasteiger partial charge on any atom is -0.306 e. The van der Waals surface area contributed by atoms with Gasteiger partial charge in [-0.15, -0.1) is 0 Å². The largest absolute Gasteiger partial charge is 0.479 e. The fraction of sp³-hybridized carbons (Fsp3) is 0.545. The number of aromatic nitrogens is 1. The van der Waals surface area contributed by atoms with Crippen LogP contribution in [-0.4, -0.2) is 23.2 Å². The maximum absolute atomic E-state index is 4.89. The molecule has 2 aliphatic rings. The Bertz CT molecular complexity index is 378. The number of hydrogen-bond donors (Lipinski definition) is 0. The van der Waals surface area contributed by atoms with E-state index < -0.39 is 0 Å². The van der Waals surface area contributed by atoms with Gasteiger partial charge in [0.05, 0.1) is 0 Å². The van der Waals surface area contributed by atoms with Crippen LogP contribution in [0.25, 0.3) is 0 Å². The molecular formula is C11H12BrMgN. The zero-order valence-electron chi connectivity index (χ0n) is 8.22. The van der Waals surface area contributed by atoms with E-state index in [1.165, 1.54) is 43.5 Å². The number of rotatable bonds is 1. The molecule has 14 heavy (non-hydrogen) atoms. The van der Waals surface area contributed by atoms with E-state index in [0.29, 0.717) is 0 Å². The van der Waals surface area contributed by atoms with E-state index >= 15 is 0 Å².